The van der Waals surface area contributed by atoms with E-state index in [4.69, 9.17) is 0 Å². The highest BCUT2D eigenvalue weighted by molar-refractivity contribution is 5.76. The zero-order chi connectivity index (χ0) is 10.4. The fourth-order valence-electron chi connectivity index (χ4n) is 1.64. The largest absolute Gasteiger partial charge is 0.356 e. The van der Waals surface area contributed by atoms with Gasteiger partial charge in [0.1, 0.15) is 0 Å². The molecule has 1 aliphatic rings. The Hall–Kier alpha value is -0.610. The third-order valence-electron chi connectivity index (χ3n) is 2.64. The minimum atomic E-state index is 0.174. The first-order valence-corrected chi connectivity index (χ1v) is 5.41. The molecular weight excluding hydrogens is 178 g/mol. The molecular formula is C10H21N3O. The summed E-state index contributed by atoms with van der Waals surface area (Å²) in [6.45, 7) is 5.85. The molecule has 1 atom stereocenters. The van der Waals surface area contributed by atoms with E-state index in [-0.39, 0.29) is 5.91 Å². The normalized spacial score (nSPS) is 23.4. The van der Waals surface area contributed by atoms with Crippen LogP contribution in [0.15, 0.2) is 0 Å². The lowest BCUT2D eigenvalue weighted by Crippen LogP contribution is -2.50. The van der Waals surface area contributed by atoms with Gasteiger partial charge in [-0.15, -0.1) is 0 Å². The van der Waals surface area contributed by atoms with Crippen LogP contribution >= 0.6 is 0 Å². The van der Waals surface area contributed by atoms with Crippen LogP contribution in [-0.4, -0.2) is 50.1 Å². The van der Waals surface area contributed by atoms with Crippen LogP contribution in [-0.2, 0) is 4.79 Å². The van der Waals surface area contributed by atoms with Crippen molar-refractivity contribution in [3.05, 3.63) is 0 Å². The molecule has 1 unspecified atom stereocenters. The molecule has 4 heteroatoms. The van der Waals surface area contributed by atoms with Crippen molar-refractivity contribution in [1.82, 2.24) is 15.5 Å². The Morgan fingerprint density at radius 3 is 3.07 bits per heavy atom. The van der Waals surface area contributed by atoms with Gasteiger partial charge >= 0.3 is 0 Å². The smallest absolute Gasteiger partial charge is 0.221 e. The summed E-state index contributed by atoms with van der Waals surface area (Å²) in [5.74, 6) is 0.174. The van der Waals surface area contributed by atoms with Crippen LogP contribution in [0.1, 0.15) is 19.8 Å². The molecule has 1 saturated heterocycles. The summed E-state index contributed by atoms with van der Waals surface area (Å²) >= 11 is 0. The number of carbonyl (C=O) groups is 1. The van der Waals surface area contributed by atoms with Gasteiger partial charge in [-0.3, -0.25) is 4.79 Å². The van der Waals surface area contributed by atoms with E-state index < -0.39 is 0 Å². The van der Waals surface area contributed by atoms with Crippen molar-refractivity contribution in [2.24, 2.45) is 0 Å². The summed E-state index contributed by atoms with van der Waals surface area (Å²) < 4.78 is 0. The quantitative estimate of drug-likeness (QED) is 0.659. The molecule has 0 bridgehead atoms. The molecule has 82 valence electrons. The van der Waals surface area contributed by atoms with Gasteiger partial charge in [-0.1, -0.05) is 6.92 Å². The Morgan fingerprint density at radius 2 is 2.43 bits per heavy atom. The summed E-state index contributed by atoms with van der Waals surface area (Å²) in [6, 6.07) is 0.362. The molecule has 14 heavy (non-hydrogen) atoms. The van der Waals surface area contributed by atoms with Crippen molar-refractivity contribution in [2.45, 2.75) is 25.8 Å². The predicted octanol–water partition coefficient (Wildman–Crippen LogP) is -0.194. The fraction of sp³-hybridized carbons (Fsp3) is 0.900. The van der Waals surface area contributed by atoms with E-state index in [1.54, 1.807) is 0 Å². The van der Waals surface area contributed by atoms with E-state index in [9.17, 15) is 4.79 Å². The van der Waals surface area contributed by atoms with Crippen molar-refractivity contribution >= 4 is 5.91 Å². The Morgan fingerprint density at radius 1 is 1.64 bits per heavy atom. The number of hydrogen-bond donors (Lipinski definition) is 2. The molecule has 0 aromatic heterocycles. The number of carbonyl (C=O) groups excluding carboxylic acids is 1. The Kier molecular flexibility index (Phi) is 4.90. The van der Waals surface area contributed by atoms with Crippen LogP contribution in [0.25, 0.3) is 0 Å². The predicted molar refractivity (Wildman–Crippen MR) is 57.2 cm³/mol. The van der Waals surface area contributed by atoms with Crippen LogP contribution in [0.3, 0.4) is 0 Å². The average molecular weight is 199 g/mol. The highest BCUT2D eigenvalue weighted by Gasteiger charge is 2.20. The lowest BCUT2D eigenvalue weighted by atomic mass is 10.1. The molecule has 0 aliphatic carbocycles. The maximum absolute atomic E-state index is 11.5. The zero-order valence-electron chi connectivity index (χ0n) is 9.18. The van der Waals surface area contributed by atoms with Crippen LogP contribution in [0, 0.1) is 0 Å². The summed E-state index contributed by atoms with van der Waals surface area (Å²) in [5, 5.41) is 6.21. The highest BCUT2D eigenvalue weighted by Crippen LogP contribution is 2.03. The fourth-order valence-corrected chi connectivity index (χ4v) is 1.64. The van der Waals surface area contributed by atoms with Crippen LogP contribution < -0.4 is 10.6 Å². The Labute approximate surface area is 86.0 Å². The summed E-state index contributed by atoms with van der Waals surface area (Å²) in [7, 11) is 2.08. The molecule has 0 spiro atoms. The number of rotatable bonds is 4. The third-order valence-corrected chi connectivity index (χ3v) is 2.64. The second-order valence-electron chi connectivity index (χ2n) is 3.89. The summed E-state index contributed by atoms with van der Waals surface area (Å²) in [5.41, 5.74) is 0. The van der Waals surface area contributed by atoms with E-state index >= 15 is 0 Å². The first-order valence-electron chi connectivity index (χ1n) is 5.41. The van der Waals surface area contributed by atoms with Gasteiger partial charge in [0.2, 0.25) is 5.91 Å². The molecule has 1 amide bonds. The van der Waals surface area contributed by atoms with E-state index in [1.807, 2.05) is 0 Å². The van der Waals surface area contributed by atoms with Crippen LogP contribution in [0.4, 0.5) is 0 Å². The number of hydrogen-bond acceptors (Lipinski definition) is 3. The molecule has 1 rings (SSSR count). The lowest BCUT2D eigenvalue weighted by molar-refractivity contribution is -0.122. The van der Waals surface area contributed by atoms with Gasteiger partial charge in [-0.05, 0) is 13.5 Å². The van der Waals surface area contributed by atoms with Gasteiger partial charge in [0, 0.05) is 38.6 Å². The first kappa shape index (κ1) is 11.5. The third kappa shape index (κ3) is 3.64. The van der Waals surface area contributed by atoms with Gasteiger partial charge in [0.05, 0.1) is 0 Å². The Balaban J connectivity index is 2.23. The molecule has 0 saturated carbocycles. The van der Waals surface area contributed by atoms with Gasteiger partial charge < -0.3 is 15.5 Å². The number of nitrogens with zero attached hydrogens (tertiary/aromatic N) is 1. The maximum atomic E-state index is 11.5. The minimum absolute atomic E-state index is 0.174. The summed E-state index contributed by atoms with van der Waals surface area (Å²) in [6.07, 6.45) is 1.62. The molecule has 2 N–H and O–H groups in total. The van der Waals surface area contributed by atoms with Crippen LogP contribution in [0.5, 0.6) is 0 Å². The van der Waals surface area contributed by atoms with Crippen molar-refractivity contribution in [3.63, 3.8) is 0 Å². The molecule has 0 aromatic rings. The maximum Gasteiger partial charge on any atom is 0.221 e. The van der Waals surface area contributed by atoms with E-state index in [2.05, 4.69) is 29.5 Å². The second-order valence-corrected chi connectivity index (χ2v) is 3.89. The van der Waals surface area contributed by atoms with Gasteiger partial charge in [-0.25, -0.2) is 0 Å². The second kappa shape index (κ2) is 5.98. The van der Waals surface area contributed by atoms with Gasteiger partial charge in [0.25, 0.3) is 0 Å². The van der Waals surface area contributed by atoms with Crippen molar-refractivity contribution in [2.75, 3.05) is 33.2 Å². The van der Waals surface area contributed by atoms with E-state index in [1.165, 1.54) is 0 Å². The number of likely N-dealkylation sites (N-methyl/N-ethyl adjacent to an activating group) is 1. The molecule has 1 heterocycles. The highest BCUT2D eigenvalue weighted by atomic mass is 16.1. The number of amides is 1. The molecule has 1 aliphatic heterocycles. The molecule has 4 nitrogen and oxygen atoms in total. The zero-order valence-corrected chi connectivity index (χ0v) is 9.18. The minimum Gasteiger partial charge on any atom is -0.356 e. The van der Waals surface area contributed by atoms with Crippen molar-refractivity contribution < 1.29 is 4.79 Å². The van der Waals surface area contributed by atoms with Crippen LogP contribution in [0.2, 0.25) is 0 Å². The van der Waals surface area contributed by atoms with Gasteiger partial charge in [0.15, 0.2) is 0 Å². The number of nitrogens with one attached hydrogen (secondary N) is 2. The first-order chi connectivity index (χ1) is 6.74. The standard InChI is InChI=1S/C10H21N3O/c1-3-4-12-10(14)7-9-8-11-5-6-13(9)2/h9,11H,3-8H2,1-2H3,(H,12,14). The topological polar surface area (TPSA) is 44.4 Å². The molecule has 0 radical (unpaired) electrons. The van der Waals surface area contributed by atoms with Gasteiger partial charge in [-0.2, -0.15) is 0 Å². The summed E-state index contributed by atoms with van der Waals surface area (Å²) in [4.78, 5) is 13.7. The average Bonchev–Trinajstić information content (AvgIpc) is 2.18. The number of piperazine rings is 1. The van der Waals surface area contributed by atoms with Crippen molar-refractivity contribution in [1.29, 1.82) is 0 Å². The SMILES string of the molecule is CCCNC(=O)CC1CNCCN1C. The van der Waals surface area contributed by atoms with E-state index in [0.717, 1.165) is 32.6 Å². The van der Waals surface area contributed by atoms with Crippen molar-refractivity contribution in [3.8, 4) is 0 Å². The molecule has 1 fully saturated rings. The Bertz CT molecular complexity index is 184. The molecule has 0 aromatic carbocycles. The van der Waals surface area contributed by atoms with E-state index in [0.29, 0.717) is 12.5 Å². The monoisotopic (exact) mass is 199 g/mol. The lowest BCUT2D eigenvalue weighted by Gasteiger charge is -2.32.